The Bertz CT molecular complexity index is 536. The summed E-state index contributed by atoms with van der Waals surface area (Å²) in [6.45, 7) is 3.04. The van der Waals surface area contributed by atoms with Crippen LogP contribution >= 0.6 is 0 Å². The van der Waals surface area contributed by atoms with E-state index in [1.807, 2.05) is 0 Å². The standard InChI is InChI=1S/C14H12O6/c1-2-11(15)20-12-10(8-18-14(12)17)13(16)19-9-6-4-3-5-7-9/h2-7,10,12H,1,8H2. The first-order valence-electron chi connectivity index (χ1n) is 5.88. The van der Waals surface area contributed by atoms with E-state index >= 15 is 0 Å². The zero-order valence-electron chi connectivity index (χ0n) is 10.5. The highest BCUT2D eigenvalue weighted by atomic mass is 16.6. The molecule has 6 heteroatoms. The second kappa shape index (κ2) is 6.01. The van der Waals surface area contributed by atoms with E-state index in [0.29, 0.717) is 5.75 Å². The first kappa shape index (κ1) is 13.8. The van der Waals surface area contributed by atoms with Crippen LogP contribution in [0.4, 0.5) is 0 Å². The minimum atomic E-state index is -1.29. The minimum Gasteiger partial charge on any atom is -0.462 e. The third kappa shape index (κ3) is 3.03. The van der Waals surface area contributed by atoms with Crippen molar-refractivity contribution in [1.29, 1.82) is 0 Å². The molecular weight excluding hydrogens is 264 g/mol. The third-order valence-corrected chi connectivity index (χ3v) is 2.68. The number of hydrogen-bond donors (Lipinski definition) is 0. The fourth-order valence-corrected chi connectivity index (χ4v) is 1.68. The van der Waals surface area contributed by atoms with Crippen molar-refractivity contribution in [2.75, 3.05) is 6.61 Å². The van der Waals surface area contributed by atoms with Crippen LogP contribution < -0.4 is 4.74 Å². The number of ether oxygens (including phenoxy) is 3. The number of hydrogen-bond acceptors (Lipinski definition) is 6. The van der Waals surface area contributed by atoms with Crippen molar-refractivity contribution in [2.24, 2.45) is 5.92 Å². The number of para-hydroxylation sites is 1. The Labute approximate surface area is 114 Å². The number of rotatable bonds is 4. The summed E-state index contributed by atoms with van der Waals surface area (Å²) < 4.78 is 14.6. The largest absolute Gasteiger partial charge is 0.462 e. The summed E-state index contributed by atoms with van der Waals surface area (Å²) >= 11 is 0. The summed E-state index contributed by atoms with van der Waals surface area (Å²) in [6, 6.07) is 8.37. The van der Waals surface area contributed by atoms with Crippen molar-refractivity contribution < 1.29 is 28.6 Å². The van der Waals surface area contributed by atoms with Gasteiger partial charge in [-0.15, -0.1) is 0 Å². The van der Waals surface area contributed by atoms with E-state index in [4.69, 9.17) is 14.2 Å². The summed E-state index contributed by atoms with van der Waals surface area (Å²) in [5.41, 5.74) is 0. The molecule has 0 radical (unpaired) electrons. The smallest absolute Gasteiger partial charge is 0.348 e. The number of benzene rings is 1. The Morgan fingerprint density at radius 1 is 1.30 bits per heavy atom. The Balaban J connectivity index is 2.06. The van der Waals surface area contributed by atoms with Gasteiger partial charge in [-0.1, -0.05) is 24.8 Å². The lowest BCUT2D eigenvalue weighted by atomic mass is 10.1. The van der Waals surface area contributed by atoms with Gasteiger partial charge < -0.3 is 14.2 Å². The predicted octanol–water partition coefficient (Wildman–Crippen LogP) is 0.863. The third-order valence-electron chi connectivity index (χ3n) is 2.68. The van der Waals surface area contributed by atoms with Gasteiger partial charge in [0, 0.05) is 6.08 Å². The Hall–Kier alpha value is -2.63. The number of cyclic esters (lactones) is 1. The molecule has 1 saturated heterocycles. The van der Waals surface area contributed by atoms with E-state index in [1.54, 1.807) is 30.3 Å². The van der Waals surface area contributed by atoms with E-state index in [-0.39, 0.29) is 6.61 Å². The molecule has 2 unspecified atom stereocenters. The van der Waals surface area contributed by atoms with Crippen molar-refractivity contribution in [3.63, 3.8) is 0 Å². The van der Waals surface area contributed by atoms with Gasteiger partial charge in [0.05, 0.1) is 0 Å². The molecule has 2 atom stereocenters. The molecule has 0 aliphatic carbocycles. The van der Waals surface area contributed by atoms with Gasteiger partial charge in [-0.3, -0.25) is 4.79 Å². The van der Waals surface area contributed by atoms with Crippen molar-refractivity contribution in [2.45, 2.75) is 6.10 Å². The zero-order chi connectivity index (χ0) is 14.5. The van der Waals surface area contributed by atoms with Gasteiger partial charge in [0.1, 0.15) is 18.3 Å². The zero-order valence-corrected chi connectivity index (χ0v) is 10.5. The maximum Gasteiger partial charge on any atom is 0.348 e. The molecule has 2 rings (SSSR count). The monoisotopic (exact) mass is 276 g/mol. The molecule has 6 nitrogen and oxygen atoms in total. The molecule has 0 saturated carbocycles. The van der Waals surface area contributed by atoms with Gasteiger partial charge in [0.2, 0.25) is 6.10 Å². The van der Waals surface area contributed by atoms with Gasteiger partial charge in [-0.05, 0) is 12.1 Å². The maximum absolute atomic E-state index is 12.0. The second-order valence-electron chi connectivity index (χ2n) is 4.03. The molecular formula is C14H12O6. The van der Waals surface area contributed by atoms with E-state index in [1.165, 1.54) is 0 Å². The molecule has 104 valence electrons. The quantitative estimate of drug-likeness (QED) is 0.461. The molecule has 1 aliphatic rings. The predicted molar refractivity (Wildman–Crippen MR) is 66.6 cm³/mol. The van der Waals surface area contributed by atoms with Crippen LogP contribution in [-0.4, -0.2) is 30.6 Å². The lowest BCUT2D eigenvalue weighted by Gasteiger charge is -2.14. The van der Waals surface area contributed by atoms with E-state index in [9.17, 15) is 14.4 Å². The van der Waals surface area contributed by atoms with Crippen LogP contribution in [0.1, 0.15) is 0 Å². The van der Waals surface area contributed by atoms with Crippen molar-refractivity contribution >= 4 is 17.9 Å². The lowest BCUT2D eigenvalue weighted by Crippen LogP contribution is -2.35. The highest BCUT2D eigenvalue weighted by Crippen LogP contribution is 2.22. The van der Waals surface area contributed by atoms with E-state index in [2.05, 4.69) is 6.58 Å². The highest BCUT2D eigenvalue weighted by molar-refractivity contribution is 5.91. The molecule has 0 aromatic heterocycles. The number of carbonyl (C=O) groups is 3. The van der Waals surface area contributed by atoms with Crippen molar-refractivity contribution in [1.82, 2.24) is 0 Å². The molecule has 1 aromatic carbocycles. The molecule has 0 N–H and O–H groups in total. The van der Waals surface area contributed by atoms with Gasteiger partial charge >= 0.3 is 17.9 Å². The summed E-state index contributed by atoms with van der Waals surface area (Å²) in [6.07, 6.45) is -0.387. The number of esters is 3. The van der Waals surface area contributed by atoms with Gasteiger partial charge in [-0.2, -0.15) is 0 Å². The molecule has 0 amide bonds. The van der Waals surface area contributed by atoms with Crippen molar-refractivity contribution in [3.8, 4) is 5.75 Å². The Kier molecular flexibility index (Phi) is 4.14. The van der Waals surface area contributed by atoms with Crippen LogP contribution in [0.15, 0.2) is 43.0 Å². The molecule has 1 aliphatic heterocycles. The van der Waals surface area contributed by atoms with Gasteiger partial charge in [0.25, 0.3) is 0 Å². The molecule has 1 aromatic rings. The molecule has 0 spiro atoms. The SMILES string of the molecule is C=CC(=O)OC1C(=O)OCC1C(=O)Oc1ccccc1. The van der Waals surface area contributed by atoms with E-state index in [0.717, 1.165) is 6.08 Å². The molecule has 1 fully saturated rings. The molecule has 0 bridgehead atoms. The number of carbonyl (C=O) groups excluding carboxylic acids is 3. The fraction of sp³-hybridized carbons (Fsp3) is 0.214. The van der Waals surface area contributed by atoms with Crippen LogP contribution in [0, 0.1) is 5.92 Å². The maximum atomic E-state index is 12.0. The van der Waals surface area contributed by atoms with Gasteiger partial charge in [0.15, 0.2) is 0 Å². The van der Waals surface area contributed by atoms with Crippen LogP contribution in [-0.2, 0) is 23.9 Å². The van der Waals surface area contributed by atoms with Crippen LogP contribution in [0.5, 0.6) is 5.75 Å². The topological polar surface area (TPSA) is 78.9 Å². The second-order valence-corrected chi connectivity index (χ2v) is 4.03. The van der Waals surface area contributed by atoms with Crippen LogP contribution in [0.25, 0.3) is 0 Å². The normalized spacial score (nSPS) is 20.9. The average Bonchev–Trinajstić information content (AvgIpc) is 2.81. The first-order valence-corrected chi connectivity index (χ1v) is 5.88. The highest BCUT2D eigenvalue weighted by Gasteiger charge is 2.45. The summed E-state index contributed by atoms with van der Waals surface area (Å²) in [5, 5.41) is 0. The molecule has 1 heterocycles. The summed E-state index contributed by atoms with van der Waals surface area (Å²) in [5.74, 6) is -2.90. The lowest BCUT2D eigenvalue weighted by molar-refractivity contribution is -0.160. The van der Waals surface area contributed by atoms with E-state index < -0.39 is 29.9 Å². The van der Waals surface area contributed by atoms with Crippen LogP contribution in [0.3, 0.4) is 0 Å². The molecule has 20 heavy (non-hydrogen) atoms. The Morgan fingerprint density at radius 3 is 2.65 bits per heavy atom. The van der Waals surface area contributed by atoms with Crippen LogP contribution in [0.2, 0.25) is 0 Å². The van der Waals surface area contributed by atoms with Crippen molar-refractivity contribution in [3.05, 3.63) is 43.0 Å². The summed E-state index contributed by atoms with van der Waals surface area (Å²) in [7, 11) is 0. The fourth-order valence-electron chi connectivity index (χ4n) is 1.68. The first-order chi connectivity index (χ1) is 9.61. The summed E-state index contributed by atoms with van der Waals surface area (Å²) in [4.78, 5) is 34.6. The average molecular weight is 276 g/mol. The minimum absolute atomic E-state index is 0.181. The van der Waals surface area contributed by atoms with Gasteiger partial charge in [-0.25, -0.2) is 9.59 Å². The Morgan fingerprint density at radius 2 is 2.00 bits per heavy atom.